The van der Waals surface area contributed by atoms with Gasteiger partial charge in [0.05, 0.1) is 11.7 Å². The fourth-order valence-electron chi connectivity index (χ4n) is 4.28. The highest BCUT2D eigenvalue weighted by Crippen LogP contribution is 2.31. The van der Waals surface area contributed by atoms with Gasteiger partial charge in [-0.3, -0.25) is 14.2 Å². The van der Waals surface area contributed by atoms with Gasteiger partial charge in [0.15, 0.2) is 5.82 Å². The normalized spacial score (nSPS) is 17.6. The molecule has 2 aromatic carbocycles. The monoisotopic (exact) mass is 414 g/mol. The Morgan fingerprint density at radius 2 is 1.97 bits per heavy atom. The van der Waals surface area contributed by atoms with Crippen molar-refractivity contribution in [3.63, 3.8) is 0 Å². The molecular weight excluding hydrogens is 388 g/mol. The van der Waals surface area contributed by atoms with Crippen molar-refractivity contribution < 1.29 is 4.79 Å². The average Bonchev–Trinajstić information content (AvgIpc) is 3.60. The standard InChI is InChI=1S/C25H26N4O2/c1-16-9-10-18(24(30)27-19-11-12-19)15-22(16)29-14-13-26-23(25(29)31)28-21-8-4-6-17-5-2-3-7-20(17)21/h2-3,5,7,9-10,13-15,19,21H,4,6,8,11-12H2,1H3,(H,26,28)(H,27,30)/t21-/m1/s1. The number of carbonyl (C=O) groups is 1. The van der Waals surface area contributed by atoms with Gasteiger partial charge in [-0.1, -0.05) is 30.3 Å². The molecule has 1 saturated carbocycles. The number of carbonyl (C=O) groups excluding carboxylic acids is 1. The topological polar surface area (TPSA) is 76.0 Å². The van der Waals surface area contributed by atoms with E-state index >= 15 is 0 Å². The van der Waals surface area contributed by atoms with E-state index in [1.807, 2.05) is 19.1 Å². The Bertz CT molecular complexity index is 1200. The summed E-state index contributed by atoms with van der Waals surface area (Å²) in [6.07, 6.45) is 8.47. The number of rotatable bonds is 5. The van der Waals surface area contributed by atoms with Gasteiger partial charge in [0.25, 0.3) is 11.5 Å². The van der Waals surface area contributed by atoms with Crippen molar-refractivity contribution in [3.8, 4) is 5.69 Å². The summed E-state index contributed by atoms with van der Waals surface area (Å²) in [4.78, 5) is 30.2. The minimum absolute atomic E-state index is 0.0674. The first-order chi connectivity index (χ1) is 15.1. The molecule has 0 unspecified atom stereocenters. The predicted octanol–water partition coefficient (Wildman–Crippen LogP) is 3.92. The fraction of sp³-hybridized carbons (Fsp3) is 0.320. The summed E-state index contributed by atoms with van der Waals surface area (Å²) in [5, 5.41) is 6.39. The zero-order chi connectivity index (χ0) is 21.4. The number of aryl methyl sites for hydroxylation is 2. The highest BCUT2D eigenvalue weighted by atomic mass is 16.2. The molecule has 2 aliphatic rings. The van der Waals surface area contributed by atoms with Crippen LogP contribution in [-0.2, 0) is 6.42 Å². The number of hydrogen-bond donors (Lipinski definition) is 2. The minimum atomic E-state index is -0.214. The molecule has 31 heavy (non-hydrogen) atoms. The minimum Gasteiger partial charge on any atom is -0.359 e. The third-order valence-electron chi connectivity index (χ3n) is 6.16. The molecule has 1 heterocycles. The zero-order valence-corrected chi connectivity index (χ0v) is 17.6. The molecule has 158 valence electrons. The van der Waals surface area contributed by atoms with Crippen LogP contribution in [0.3, 0.4) is 0 Å². The van der Waals surface area contributed by atoms with Gasteiger partial charge >= 0.3 is 0 Å². The molecule has 6 nitrogen and oxygen atoms in total. The number of fused-ring (bicyclic) bond motifs is 1. The number of aromatic nitrogens is 2. The lowest BCUT2D eigenvalue weighted by Crippen LogP contribution is -2.28. The quantitative estimate of drug-likeness (QED) is 0.663. The zero-order valence-electron chi connectivity index (χ0n) is 17.6. The van der Waals surface area contributed by atoms with Crippen molar-refractivity contribution in [1.82, 2.24) is 14.9 Å². The van der Waals surface area contributed by atoms with Gasteiger partial charge in [-0.15, -0.1) is 0 Å². The Labute approximate surface area is 181 Å². The first-order valence-electron chi connectivity index (χ1n) is 10.9. The first-order valence-corrected chi connectivity index (χ1v) is 10.9. The summed E-state index contributed by atoms with van der Waals surface area (Å²) in [7, 11) is 0. The lowest BCUT2D eigenvalue weighted by molar-refractivity contribution is 0.0951. The van der Waals surface area contributed by atoms with Crippen LogP contribution >= 0.6 is 0 Å². The van der Waals surface area contributed by atoms with Crippen LogP contribution in [0.5, 0.6) is 0 Å². The molecule has 0 bridgehead atoms. The van der Waals surface area contributed by atoms with E-state index in [4.69, 9.17) is 0 Å². The lowest BCUT2D eigenvalue weighted by Gasteiger charge is -2.26. The van der Waals surface area contributed by atoms with E-state index in [1.54, 1.807) is 29.1 Å². The maximum atomic E-state index is 13.3. The molecule has 1 fully saturated rings. The van der Waals surface area contributed by atoms with Crippen molar-refractivity contribution in [3.05, 3.63) is 87.5 Å². The Kier molecular flexibility index (Phi) is 5.06. The molecule has 2 aliphatic carbocycles. The Morgan fingerprint density at radius 3 is 2.81 bits per heavy atom. The number of amides is 1. The second-order valence-corrected chi connectivity index (χ2v) is 8.49. The van der Waals surface area contributed by atoms with Crippen LogP contribution in [0.25, 0.3) is 5.69 Å². The smallest absolute Gasteiger partial charge is 0.297 e. The van der Waals surface area contributed by atoms with E-state index in [0.29, 0.717) is 17.1 Å². The van der Waals surface area contributed by atoms with Crippen LogP contribution in [0.1, 0.15) is 58.8 Å². The summed E-state index contributed by atoms with van der Waals surface area (Å²) in [6, 6.07) is 14.2. The maximum absolute atomic E-state index is 13.3. The van der Waals surface area contributed by atoms with Gasteiger partial charge in [0.2, 0.25) is 0 Å². The second-order valence-electron chi connectivity index (χ2n) is 8.49. The van der Waals surface area contributed by atoms with Crippen LogP contribution in [0, 0.1) is 6.92 Å². The van der Waals surface area contributed by atoms with Gasteiger partial charge in [0.1, 0.15) is 0 Å². The highest BCUT2D eigenvalue weighted by Gasteiger charge is 2.24. The molecule has 2 N–H and O–H groups in total. The predicted molar refractivity (Wildman–Crippen MR) is 121 cm³/mol. The maximum Gasteiger partial charge on any atom is 0.297 e. The van der Waals surface area contributed by atoms with Crippen molar-refractivity contribution in [2.75, 3.05) is 5.32 Å². The lowest BCUT2D eigenvalue weighted by atomic mass is 9.88. The third-order valence-corrected chi connectivity index (χ3v) is 6.16. The molecule has 1 amide bonds. The highest BCUT2D eigenvalue weighted by molar-refractivity contribution is 5.95. The average molecular weight is 415 g/mol. The summed E-state index contributed by atoms with van der Waals surface area (Å²) in [5.41, 5.74) is 4.53. The third kappa shape index (κ3) is 3.98. The fourth-order valence-corrected chi connectivity index (χ4v) is 4.28. The van der Waals surface area contributed by atoms with Gasteiger partial charge in [-0.05, 0) is 67.9 Å². The van der Waals surface area contributed by atoms with Gasteiger partial charge in [-0.2, -0.15) is 0 Å². The van der Waals surface area contributed by atoms with Crippen LogP contribution in [0.2, 0.25) is 0 Å². The number of anilines is 1. The van der Waals surface area contributed by atoms with Crippen LogP contribution in [-0.4, -0.2) is 21.5 Å². The SMILES string of the molecule is Cc1ccc(C(=O)NC2CC2)cc1-n1ccnc(N[C@@H]2CCCc3ccccc32)c1=O. The molecule has 6 heteroatoms. The molecular formula is C25H26N4O2. The number of benzene rings is 2. The Hall–Kier alpha value is -3.41. The summed E-state index contributed by atoms with van der Waals surface area (Å²) >= 11 is 0. The number of hydrogen-bond acceptors (Lipinski definition) is 4. The molecule has 0 saturated heterocycles. The number of nitrogens with zero attached hydrogens (tertiary/aromatic N) is 2. The molecule has 1 aromatic heterocycles. The van der Waals surface area contributed by atoms with E-state index in [2.05, 4.69) is 33.8 Å². The first kappa shape index (κ1) is 19.5. The second kappa shape index (κ2) is 8.02. The van der Waals surface area contributed by atoms with E-state index in [0.717, 1.165) is 37.7 Å². The summed E-state index contributed by atoms with van der Waals surface area (Å²) < 4.78 is 1.58. The van der Waals surface area contributed by atoms with E-state index in [1.165, 1.54) is 11.1 Å². The van der Waals surface area contributed by atoms with Crippen LogP contribution in [0.4, 0.5) is 5.82 Å². The van der Waals surface area contributed by atoms with Crippen molar-refractivity contribution in [2.24, 2.45) is 0 Å². The summed E-state index contributed by atoms with van der Waals surface area (Å²) in [6.45, 7) is 1.94. The number of nitrogens with one attached hydrogen (secondary N) is 2. The van der Waals surface area contributed by atoms with Crippen molar-refractivity contribution in [1.29, 1.82) is 0 Å². The molecule has 0 radical (unpaired) electrons. The van der Waals surface area contributed by atoms with Crippen LogP contribution in [0.15, 0.2) is 59.7 Å². The van der Waals surface area contributed by atoms with Crippen molar-refractivity contribution >= 4 is 11.7 Å². The molecule has 5 rings (SSSR count). The van der Waals surface area contributed by atoms with E-state index in [-0.39, 0.29) is 23.6 Å². The molecule has 0 spiro atoms. The van der Waals surface area contributed by atoms with Gasteiger partial charge in [-0.25, -0.2) is 4.98 Å². The molecule has 1 atom stereocenters. The molecule has 0 aliphatic heterocycles. The van der Waals surface area contributed by atoms with Crippen molar-refractivity contribution in [2.45, 2.75) is 51.1 Å². The Balaban J connectivity index is 1.47. The van der Waals surface area contributed by atoms with Crippen LogP contribution < -0.4 is 16.2 Å². The van der Waals surface area contributed by atoms with E-state index < -0.39 is 0 Å². The largest absolute Gasteiger partial charge is 0.359 e. The Morgan fingerprint density at radius 1 is 1.13 bits per heavy atom. The molecule has 3 aromatic rings. The summed E-state index contributed by atoms with van der Waals surface area (Å²) in [5.74, 6) is 0.236. The van der Waals surface area contributed by atoms with Gasteiger partial charge in [0, 0.05) is 24.0 Å². The van der Waals surface area contributed by atoms with E-state index in [9.17, 15) is 9.59 Å². The van der Waals surface area contributed by atoms with Gasteiger partial charge < -0.3 is 10.6 Å².